The Hall–Kier alpha value is -3.60. The van der Waals surface area contributed by atoms with Gasteiger partial charge in [-0.3, -0.25) is 9.59 Å². The van der Waals surface area contributed by atoms with Crippen LogP contribution in [0.4, 0.5) is 5.69 Å². The zero-order valence-electron chi connectivity index (χ0n) is 16.1. The summed E-state index contributed by atoms with van der Waals surface area (Å²) in [5.41, 5.74) is 2.04. The molecule has 5 nitrogen and oxygen atoms in total. The van der Waals surface area contributed by atoms with Gasteiger partial charge in [-0.05, 0) is 36.2 Å². The minimum atomic E-state index is -0.249. The predicted octanol–water partition coefficient (Wildman–Crippen LogP) is 4.07. The van der Waals surface area contributed by atoms with Crippen LogP contribution in [0.2, 0.25) is 0 Å². The Morgan fingerprint density at radius 1 is 0.793 bits per heavy atom. The van der Waals surface area contributed by atoms with Crippen LogP contribution in [0.25, 0.3) is 0 Å². The molecule has 0 unspecified atom stereocenters. The number of hydrogen-bond donors (Lipinski definition) is 2. The number of hydrogen-bond acceptors (Lipinski definition) is 3. The van der Waals surface area contributed by atoms with Crippen molar-refractivity contribution in [1.29, 1.82) is 0 Å². The van der Waals surface area contributed by atoms with E-state index in [0.717, 1.165) is 11.3 Å². The molecule has 0 saturated heterocycles. The molecule has 2 N–H and O–H groups in total. The number of amides is 2. The second-order valence-corrected chi connectivity index (χ2v) is 6.50. The topological polar surface area (TPSA) is 67.4 Å². The fourth-order valence-electron chi connectivity index (χ4n) is 2.85. The molecular weight excluding hydrogens is 364 g/mol. The first-order chi connectivity index (χ1) is 14.2. The van der Waals surface area contributed by atoms with Gasteiger partial charge in [0.2, 0.25) is 5.91 Å². The Balaban J connectivity index is 1.49. The van der Waals surface area contributed by atoms with Crippen molar-refractivity contribution < 1.29 is 14.3 Å². The lowest BCUT2D eigenvalue weighted by molar-refractivity contribution is -0.116. The maximum atomic E-state index is 12.5. The summed E-state index contributed by atoms with van der Waals surface area (Å²) in [4.78, 5) is 24.8. The molecule has 0 aliphatic heterocycles. The third-order valence-corrected chi connectivity index (χ3v) is 4.33. The molecule has 0 aliphatic carbocycles. The van der Waals surface area contributed by atoms with Crippen LogP contribution in [0.5, 0.6) is 5.75 Å². The number of rotatable bonds is 9. The van der Waals surface area contributed by atoms with E-state index in [1.54, 1.807) is 24.3 Å². The number of para-hydroxylation sites is 2. The quantitative estimate of drug-likeness (QED) is 0.543. The molecule has 0 fully saturated rings. The van der Waals surface area contributed by atoms with Crippen LogP contribution < -0.4 is 15.4 Å². The van der Waals surface area contributed by atoms with Crippen LogP contribution in [0.1, 0.15) is 22.3 Å². The minimum absolute atomic E-state index is 0.124. The van der Waals surface area contributed by atoms with Gasteiger partial charge in [0.25, 0.3) is 5.91 Å². The lowest BCUT2D eigenvalue weighted by atomic mass is 10.1. The van der Waals surface area contributed by atoms with Crippen molar-refractivity contribution in [2.24, 2.45) is 0 Å². The Bertz CT molecular complexity index is 927. The fraction of sp³-hybridized carbons (Fsp3) is 0.167. The van der Waals surface area contributed by atoms with Crippen LogP contribution in [-0.2, 0) is 11.2 Å². The van der Waals surface area contributed by atoms with E-state index in [1.807, 2.05) is 60.7 Å². The molecule has 0 radical (unpaired) electrons. The Morgan fingerprint density at radius 2 is 1.45 bits per heavy atom. The number of nitrogens with one attached hydrogen (secondary N) is 2. The highest BCUT2D eigenvalue weighted by Crippen LogP contribution is 2.16. The zero-order chi connectivity index (χ0) is 20.3. The molecule has 5 heteroatoms. The van der Waals surface area contributed by atoms with Crippen LogP contribution in [0.3, 0.4) is 0 Å². The molecule has 0 bridgehead atoms. The Morgan fingerprint density at radius 3 is 2.21 bits per heavy atom. The van der Waals surface area contributed by atoms with E-state index in [9.17, 15) is 9.59 Å². The summed E-state index contributed by atoms with van der Waals surface area (Å²) in [6, 6.07) is 26.3. The number of benzene rings is 3. The second-order valence-electron chi connectivity index (χ2n) is 6.50. The van der Waals surface area contributed by atoms with E-state index in [2.05, 4.69) is 10.6 Å². The van der Waals surface area contributed by atoms with Crippen LogP contribution in [-0.4, -0.2) is 25.0 Å². The van der Waals surface area contributed by atoms with Gasteiger partial charge in [0.15, 0.2) is 0 Å². The van der Waals surface area contributed by atoms with Gasteiger partial charge in [0, 0.05) is 6.42 Å². The molecule has 0 spiro atoms. The van der Waals surface area contributed by atoms with Crippen LogP contribution >= 0.6 is 0 Å². The average molecular weight is 388 g/mol. The van der Waals surface area contributed by atoms with E-state index in [0.29, 0.717) is 37.2 Å². The van der Waals surface area contributed by atoms with Gasteiger partial charge in [0.05, 0.1) is 17.8 Å². The van der Waals surface area contributed by atoms with E-state index in [4.69, 9.17) is 4.74 Å². The Kier molecular flexibility index (Phi) is 7.41. The first kappa shape index (κ1) is 20.1. The van der Waals surface area contributed by atoms with Gasteiger partial charge in [-0.15, -0.1) is 0 Å². The van der Waals surface area contributed by atoms with Crippen molar-refractivity contribution >= 4 is 17.5 Å². The smallest absolute Gasteiger partial charge is 0.253 e. The summed E-state index contributed by atoms with van der Waals surface area (Å²) < 4.78 is 5.58. The molecular formula is C24H24N2O3. The number of aryl methyl sites for hydroxylation is 1. The molecule has 0 aliphatic rings. The van der Waals surface area contributed by atoms with E-state index < -0.39 is 0 Å². The number of carbonyl (C=O) groups is 2. The number of ether oxygens (including phenoxy) is 1. The summed E-state index contributed by atoms with van der Waals surface area (Å²) in [5, 5.41) is 5.67. The first-order valence-corrected chi connectivity index (χ1v) is 9.61. The van der Waals surface area contributed by atoms with Gasteiger partial charge >= 0.3 is 0 Å². The molecule has 0 heterocycles. The van der Waals surface area contributed by atoms with Crippen LogP contribution in [0.15, 0.2) is 84.9 Å². The molecule has 0 atom stereocenters. The van der Waals surface area contributed by atoms with Crippen molar-refractivity contribution in [1.82, 2.24) is 5.32 Å². The number of carbonyl (C=O) groups excluding carboxylic acids is 2. The molecule has 148 valence electrons. The summed E-state index contributed by atoms with van der Waals surface area (Å²) >= 11 is 0. The summed E-state index contributed by atoms with van der Waals surface area (Å²) in [6.45, 7) is 0.728. The van der Waals surface area contributed by atoms with Gasteiger partial charge < -0.3 is 15.4 Å². The van der Waals surface area contributed by atoms with Crippen molar-refractivity contribution in [2.45, 2.75) is 12.8 Å². The van der Waals surface area contributed by atoms with E-state index in [1.165, 1.54) is 0 Å². The molecule has 3 rings (SSSR count). The molecule has 0 saturated carbocycles. The standard InChI is InChI=1S/C24H24N2O3/c27-23(16-15-19-9-3-1-4-10-19)26-22-14-8-7-13-21(22)24(28)25-17-18-29-20-11-5-2-6-12-20/h1-14H,15-18H2,(H,25,28)(H,26,27). The molecule has 0 aromatic heterocycles. The van der Waals surface area contributed by atoms with Gasteiger partial charge in [0.1, 0.15) is 12.4 Å². The normalized spacial score (nSPS) is 10.2. The second kappa shape index (κ2) is 10.7. The van der Waals surface area contributed by atoms with Crippen molar-refractivity contribution in [2.75, 3.05) is 18.5 Å². The fourth-order valence-corrected chi connectivity index (χ4v) is 2.85. The maximum absolute atomic E-state index is 12.5. The molecule has 29 heavy (non-hydrogen) atoms. The van der Waals surface area contributed by atoms with Crippen molar-refractivity contribution in [3.05, 3.63) is 96.1 Å². The first-order valence-electron chi connectivity index (χ1n) is 9.61. The highest BCUT2D eigenvalue weighted by Gasteiger charge is 2.13. The minimum Gasteiger partial charge on any atom is -0.492 e. The van der Waals surface area contributed by atoms with Gasteiger partial charge in [-0.25, -0.2) is 0 Å². The highest BCUT2D eigenvalue weighted by atomic mass is 16.5. The van der Waals surface area contributed by atoms with Crippen molar-refractivity contribution in [3.8, 4) is 5.75 Å². The zero-order valence-corrected chi connectivity index (χ0v) is 16.1. The van der Waals surface area contributed by atoms with Crippen molar-refractivity contribution in [3.63, 3.8) is 0 Å². The summed E-state index contributed by atoms with van der Waals surface area (Å²) in [7, 11) is 0. The highest BCUT2D eigenvalue weighted by molar-refractivity contribution is 6.03. The monoisotopic (exact) mass is 388 g/mol. The third kappa shape index (κ3) is 6.50. The van der Waals surface area contributed by atoms with Gasteiger partial charge in [-0.1, -0.05) is 60.7 Å². The SMILES string of the molecule is O=C(CCc1ccccc1)Nc1ccccc1C(=O)NCCOc1ccccc1. The lowest BCUT2D eigenvalue weighted by Crippen LogP contribution is -2.29. The average Bonchev–Trinajstić information content (AvgIpc) is 2.77. The van der Waals surface area contributed by atoms with E-state index in [-0.39, 0.29) is 11.8 Å². The third-order valence-electron chi connectivity index (χ3n) is 4.33. The lowest BCUT2D eigenvalue weighted by Gasteiger charge is -2.12. The maximum Gasteiger partial charge on any atom is 0.253 e. The Labute approximate surface area is 170 Å². The molecule has 3 aromatic carbocycles. The predicted molar refractivity (Wildman–Crippen MR) is 114 cm³/mol. The molecule has 3 aromatic rings. The van der Waals surface area contributed by atoms with Gasteiger partial charge in [-0.2, -0.15) is 0 Å². The summed E-state index contributed by atoms with van der Waals surface area (Å²) in [6.07, 6.45) is 1.00. The summed E-state index contributed by atoms with van der Waals surface area (Å²) in [5.74, 6) is 0.384. The largest absolute Gasteiger partial charge is 0.492 e. The van der Waals surface area contributed by atoms with E-state index >= 15 is 0 Å². The van der Waals surface area contributed by atoms with Crippen LogP contribution in [0, 0.1) is 0 Å². The number of anilines is 1. The molecule has 2 amide bonds.